The lowest BCUT2D eigenvalue weighted by atomic mass is 9.83. The van der Waals surface area contributed by atoms with Gasteiger partial charge in [-0.1, -0.05) is 6.07 Å². The Morgan fingerprint density at radius 1 is 1.04 bits per heavy atom. The van der Waals surface area contributed by atoms with E-state index in [1.807, 2.05) is 6.07 Å². The molecule has 0 amide bonds. The molecule has 2 aromatic carbocycles. The van der Waals surface area contributed by atoms with Crippen molar-refractivity contribution in [3.63, 3.8) is 0 Å². The predicted octanol–water partition coefficient (Wildman–Crippen LogP) is 3.18. The summed E-state index contributed by atoms with van der Waals surface area (Å²) in [7, 11) is 4.98. The third kappa shape index (κ3) is 2.54. The normalized spacial score (nSPS) is 18.3. The molecule has 1 atom stereocenters. The number of fused-ring (bicyclic) bond motifs is 4. The van der Waals surface area contributed by atoms with Gasteiger partial charge in [-0.25, -0.2) is 0 Å². The lowest BCUT2D eigenvalue weighted by Gasteiger charge is -2.42. The van der Waals surface area contributed by atoms with Crippen molar-refractivity contribution in [2.45, 2.75) is 25.4 Å². The number of benzene rings is 2. The van der Waals surface area contributed by atoms with Crippen LogP contribution in [-0.2, 0) is 19.4 Å². The summed E-state index contributed by atoms with van der Waals surface area (Å²) >= 11 is 0. The second-order valence-electron chi connectivity index (χ2n) is 6.79. The van der Waals surface area contributed by atoms with E-state index in [1.165, 1.54) is 16.7 Å². The molecule has 0 radical (unpaired) electrons. The first-order chi connectivity index (χ1) is 12.7. The van der Waals surface area contributed by atoms with Gasteiger partial charge in [0.25, 0.3) is 0 Å². The molecule has 0 spiro atoms. The number of ether oxygens (including phenoxy) is 3. The summed E-state index contributed by atoms with van der Waals surface area (Å²) in [6.07, 6.45) is 2.73. The highest BCUT2D eigenvalue weighted by Crippen LogP contribution is 2.44. The van der Waals surface area contributed by atoms with Crippen molar-refractivity contribution in [3.05, 3.63) is 52.1 Å². The topological polar surface area (TPSA) is 48.0 Å². The molecular formula is C21H23NO4. The summed E-state index contributed by atoms with van der Waals surface area (Å²) in [6.45, 7) is 1.76. The fraction of sp³-hybridized carbons (Fsp3) is 0.381. The molecule has 0 saturated heterocycles. The number of hydrogen-bond acceptors (Lipinski definition) is 5. The largest absolute Gasteiger partial charge is 0.496 e. The summed E-state index contributed by atoms with van der Waals surface area (Å²) in [5.74, 6) is 2.27. The van der Waals surface area contributed by atoms with Crippen LogP contribution in [0.5, 0.6) is 17.2 Å². The average molecular weight is 353 g/mol. The van der Waals surface area contributed by atoms with Crippen molar-refractivity contribution in [1.29, 1.82) is 0 Å². The zero-order chi connectivity index (χ0) is 18.3. The molecule has 0 N–H and O–H groups in total. The third-order valence-corrected chi connectivity index (χ3v) is 5.61. The maximum absolute atomic E-state index is 11.3. The van der Waals surface area contributed by atoms with Gasteiger partial charge in [0.15, 0.2) is 17.8 Å². The minimum absolute atomic E-state index is 0.304. The van der Waals surface area contributed by atoms with Crippen molar-refractivity contribution in [3.8, 4) is 17.2 Å². The van der Waals surface area contributed by atoms with Crippen LogP contribution in [0, 0.1) is 0 Å². The van der Waals surface area contributed by atoms with Crippen LogP contribution in [-0.4, -0.2) is 39.1 Å². The fourth-order valence-corrected chi connectivity index (χ4v) is 4.30. The zero-order valence-electron chi connectivity index (χ0n) is 15.4. The van der Waals surface area contributed by atoms with Crippen molar-refractivity contribution < 1.29 is 19.0 Å². The lowest BCUT2D eigenvalue weighted by molar-refractivity contribution is 0.111. The maximum Gasteiger partial charge on any atom is 0.161 e. The summed E-state index contributed by atoms with van der Waals surface area (Å²) in [4.78, 5) is 13.8. The van der Waals surface area contributed by atoms with Crippen LogP contribution >= 0.6 is 0 Å². The molecule has 0 aromatic heterocycles. The van der Waals surface area contributed by atoms with E-state index in [9.17, 15) is 4.79 Å². The summed E-state index contributed by atoms with van der Waals surface area (Å²) in [5, 5.41) is 0. The Labute approximate surface area is 153 Å². The first kappa shape index (κ1) is 16.9. The molecule has 2 aromatic rings. The van der Waals surface area contributed by atoms with E-state index < -0.39 is 0 Å². The van der Waals surface area contributed by atoms with Gasteiger partial charge in [-0.2, -0.15) is 0 Å². The zero-order valence-corrected chi connectivity index (χ0v) is 15.4. The number of carbonyl (C=O) groups is 1. The molecule has 0 saturated carbocycles. The fourth-order valence-electron chi connectivity index (χ4n) is 4.30. The van der Waals surface area contributed by atoms with Crippen molar-refractivity contribution in [1.82, 2.24) is 4.90 Å². The van der Waals surface area contributed by atoms with E-state index in [0.717, 1.165) is 49.3 Å². The molecule has 0 unspecified atom stereocenters. The van der Waals surface area contributed by atoms with Crippen LogP contribution in [0.3, 0.4) is 0 Å². The summed E-state index contributed by atoms with van der Waals surface area (Å²) < 4.78 is 16.5. The van der Waals surface area contributed by atoms with E-state index in [0.29, 0.717) is 17.4 Å². The number of hydrogen-bond donors (Lipinski definition) is 0. The van der Waals surface area contributed by atoms with E-state index in [2.05, 4.69) is 23.1 Å². The van der Waals surface area contributed by atoms with Crippen molar-refractivity contribution in [2.24, 2.45) is 0 Å². The van der Waals surface area contributed by atoms with E-state index in [1.54, 1.807) is 21.3 Å². The standard InChI is InChI=1S/C21H23NO4/c1-24-19-9-14-6-7-22-11-17-13(4-5-15(12-23)21(17)26-3)8-18(22)16(14)10-20(19)25-2/h4-5,9-10,12,18H,6-8,11H2,1-3H3/t18-/m0/s1. The number of aldehydes is 1. The summed E-state index contributed by atoms with van der Waals surface area (Å²) in [6, 6.07) is 8.45. The van der Waals surface area contributed by atoms with Crippen LogP contribution < -0.4 is 14.2 Å². The number of nitrogens with zero attached hydrogens (tertiary/aromatic N) is 1. The first-order valence-corrected chi connectivity index (χ1v) is 8.83. The Balaban J connectivity index is 1.78. The molecule has 2 heterocycles. The van der Waals surface area contributed by atoms with Crippen molar-refractivity contribution in [2.75, 3.05) is 27.9 Å². The first-order valence-electron chi connectivity index (χ1n) is 8.83. The minimum atomic E-state index is 0.304. The molecule has 5 heteroatoms. The summed E-state index contributed by atoms with van der Waals surface area (Å²) in [5.41, 5.74) is 5.63. The number of methoxy groups -OCH3 is 3. The Kier molecular flexibility index (Phi) is 4.32. The quantitative estimate of drug-likeness (QED) is 0.790. The van der Waals surface area contributed by atoms with Gasteiger partial charge in [-0.05, 0) is 47.7 Å². The van der Waals surface area contributed by atoms with Crippen LogP contribution in [0.1, 0.15) is 38.7 Å². The molecule has 4 rings (SSSR count). The Morgan fingerprint density at radius 3 is 2.50 bits per heavy atom. The molecule has 26 heavy (non-hydrogen) atoms. The van der Waals surface area contributed by atoms with Gasteiger partial charge in [0, 0.05) is 24.7 Å². The molecule has 0 aliphatic carbocycles. The van der Waals surface area contributed by atoms with Gasteiger partial charge in [-0.3, -0.25) is 9.69 Å². The van der Waals surface area contributed by atoms with E-state index in [-0.39, 0.29) is 0 Å². The van der Waals surface area contributed by atoms with Gasteiger partial charge >= 0.3 is 0 Å². The molecule has 5 nitrogen and oxygen atoms in total. The Morgan fingerprint density at radius 2 is 1.81 bits per heavy atom. The minimum Gasteiger partial charge on any atom is -0.496 e. The predicted molar refractivity (Wildman–Crippen MR) is 98.5 cm³/mol. The molecule has 0 fully saturated rings. The molecule has 2 aliphatic heterocycles. The number of carbonyl (C=O) groups excluding carboxylic acids is 1. The highest BCUT2D eigenvalue weighted by molar-refractivity contribution is 5.80. The van der Waals surface area contributed by atoms with Crippen LogP contribution in [0.2, 0.25) is 0 Å². The number of rotatable bonds is 4. The van der Waals surface area contributed by atoms with Gasteiger partial charge in [-0.15, -0.1) is 0 Å². The maximum atomic E-state index is 11.3. The average Bonchev–Trinajstić information content (AvgIpc) is 2.70. The van der Waals surface area contributed by atoms with Crippen LogP contribution in [0.4, 0.5) is 0 Å². The smallest absolute Gasteiger partial charge is 0.161 e. The van der Waals surface area contributed by atoms with Gasteiger partial charge in [0.05, 0.1) is 26.9 Å². The Hall–Kier alpha value is -2.53. The second-order valence-corrected chi connectivity index (χ2v) is 6.79. The van der Waals surface area contributed by atoms with Gasteiger partial charge in [0.2, 0.25) is 0 Å². The Bertz CT molecular complexity index is 862. The molecule has 0 bridgehead atoms. The van der Waals surface area contributed by atoms with Crippen molar-refractivity contribution >= 4 is 6.29 Å². The van der Waals surface area contributed by atoms with Gasteiger partial charge in [0.1, 0.15) is 5.75 Å². The second kappa shape index (κ2) is 6.65. The third-order valence-electron chi connectivity index (χ3n) is 5.61. The SMILES string of the molecule is COc1cc2c(cc1OC)[C@@H]1Cc3ccc(C=O)c(OC)c3CN1CC2. The van der Waals surface area contributed by atoms with Crippen LogP contribution in [0.25, 0.3) is 0 Å². The monoisotopic (exact) mass is 353 g/mol. The highest BCUT2D eigenvalue weighted by atomic mass is 16.5. The lowest BCUT2D eigenvalue weighted by Crippen LogP contribution is -2.39. The highest BCUT2D eigenvalue weighted by Gasteiger charge is 2.34. The molecule has 136 valence electrons. The molecule has 2 aliphatic rings. The van der Waals surface area contributed by atoms with E-state index >= 15 is 0 Å². The molecular weight excluding hydrogens is 330 g/mol. The van der Waals surface area contributed by atoms with E-state index in [4.69, 9.17) is 14.2 Å². The van der Waals surface area contributed by atoms with Gasteiger partial charge < -0.3 is 14.2 Å². The van der Waals surface area contributed by atoms with Crippen LogP contribution in [0.15, 0.2) is 24.3 Å².